The summed E-state index contributed by atoms with van der Waals surface area (Å²) >= 11 is -1.44. The first-order valence-electron chi connectivity index (χ1n) is 4.77. The molecule has 0 fully saturated rings. The first kappa shape index (κ1) is 12.3. The fourth-order valence-corrected chi connectivity index (χ4v) is 1.60. The van der Waals surface area contributed by atoms with Gasteiger partial charge in [-0.1, -0.05) is 6.58 Å². The zero-order valence-corrected chi connectivity index (χ0v) is 10.2. The summed E-state index contributed by atoms with van der Waals surface area (Å²) in [5.41, 5.74) is 1.64. The van der Waals surface area contributed by atoms with Crippen LogP contribution >= 0.6 is 0 Å². The molecule has 15 heavy (non-hydrogen) atoms. The van der Waals surface area contributed by atoms with E-state index < -0.39 is 16.1 Å². The SMILES string of the molecule is C=C(c1cncn1CC)C(C)(C)[S+](N)[O-]. The molecule has 2 N–H and O–H groups in total. The number of aromatic nitrogens is 2. The van der Waals surface area contributed by atoms with Crippen molar-refractivity contribution < 1.29 is 4.55 Å². The maximum atomic E-state index is 11.4. The van der Waals surface area contributed by atoms with Crippen LogP contribution in [0.3, 0.4) is 0 Å². The topological polar surface area (TPSA) is 66.9 Å². The molecular weight excluding hydrogens is 210 g/mol. The summed E-state index contributed by atoms with van der Waals surface area (Å²) in [7, 11) is 0. The largest absolute Gasteiger partial charge is 0.598 e. The average Bonchev–Trinajstić information content (AvgIpc) is 2.63. The predicted octanol–water partition coefficient (Wildman–Crippen LogP) is 1.32. The summed E-state index contributed by atoms with van der Waals surface area (Å²) in [4.78, 5) is 4.05. The highest BCUT2D eigenvalue weighted by Crippen LogP contribution is 2.30. The van der Waals surface area contributed by atoms with Gasteiger partial charge in [0, 0.05) is 23.5 Å². The Kier molecular flexibility index (Phi) is 3.59. The summed E-state index contributed by atoms with van der Waals surface area (Å²) in [6, 6.07) is 0. The predicted molar refractivity (Wildman–Crippen MR) is 63.3 cm³/mol. The van der Waals surface area contributed by atoms with Crippen LogP contribution in [0.1, 0.15) is 26.5 Å². The van der Waals surface area contributed by atoms with Crippen LogP contribution in [0, 0.1) is 0 Å². The third-order valence-electron chi connectivity index (χ3n) is 2.59. The van der Waals surface area contributed by atoms with Gasteiger partial charge in [0.1, 0.15) is 0 Å². The molecule has 1 rings (SSSR count). The molecule has 0 saturated heterocycles. The summed E-state index contributed by atoms with van der Waals surface area (Å²) in [6.07, 6.45) is 3.45. The number of imidazole rings is 1. The zero-order chi connectivity index (χ0) is 11.6. The second-order valence-corrected chi connectivity index (χ2v) is 5.47. The highest BCUT2D eigenvalue weighted by atomic mass is 32.2. The van der Waals surface area contributed by atoms with E-state index in [-0.39, 0.29) is 0 Å². The number of aryl methyl sites for hydroxylation is 1. The van der Waals surface area contributed by atoms with Gasteiger partial charge in [0.25, 0.3) is 0 Å². The lowest BCUT2D eigenvalue weighted by molar-refractivity contribution is 0.574. The van der Waals surface area contributed by atoms with Crippen LogP contribution < -0.4 is 5.14 Å². The van der Waals surface area contributed by atoms with Gasteiger partial charge < -0.3 is 9.12 Å². The zero-order valence-electron chi connectivity index (χ0n) is 9.36. The van der Waals surface area contributed by atoms with Gasteiger partial charge in [0.05, 0.1) is 18.2 Å². The number of rotatable bonds is 4. The molecule has 1 unspecified atom stereocenters. The van der Waals surface area contributed by atoms with Crippen molar-refractivity contribution in [3.05, 3.63) is 24.8 Å². The Balaban J connectivity index is 3.04. The molecule has 0 aliphatic carbocycles. The van der Waals surface area contributed by atoms with Gasteiger partial charge in [-0.2, -0.15) is 5.14 Å². The van der Waals surface area contributed by atoms with Crippen molar-refractivity contribution in [3.63, 3.8) is 0 Å². The van der Waals surface area contributed by atoms with Gasteiger partial charge in [-0.15, -0.1) is 0 Å². The molecule has 1 aromatic rings. The Morgan fingerprint density at radius 2 is 2.33 bits per heavy atom. The summed E-state index contributed by atoms with van der Waals surface area (Å²) in [6.45, 7) is 10.4. The van der Waals surface area contributed by atoms with Crippen LogP contribution in [0.2, 0.25) is 0 Å². The maximum Gasteiger partial charge on any atom is 0.165 e. The third kappa shape index (κ3) is 2.25. The van der Waals surface area contributed by atoms with Crippen molar-refractivity contribution in [1.82, 2.24) is 9.55 Å². The fraction of sp³-hybridized carbons (Fsp3) is 0.500. The van der Waals surface area contributed by atoms with E-state index in [4.69, 9.17) is 5.14 Å². The van der Waals surface area contributed by atoms with Gasteiger partial charge in [-0.05, 0) is 20.8 Å². The molecule has 0 aliphatic heterocycles. The van der Waals surface area contributed by atoms with Crippen molar-refractivity contribution in [2.45, 2.75) is 32.1 Å². The number of hydrogen-bond donors (Lipinski definition) is 1. The van der Waals surface area contributed by atoms with E-state index in [0.717, 1.165) is 17.8 Å². The minimum Gasteiger partial charge on any atom is -0.598 e. The molecule has 0 saturated carbocycles. The van der Waals surface area contributed by atoms with Gasteiger partial charge in [-0.3, -0.25) is 0 Å². The first-order valence-corrected chi connectivity index (χ1v) is 5.98. The summed E-state index contributed by atoms with van der Waals surface area (Å²) in [5, 5.41) is 5.45. The molecule has 1 heterocycles. The van der Waals surface area contributed by atoms with Crippen molar-refractivity contribution in [3.8, 4) is 0 Å². The minimum absolute atomic E-state index is 0.632. The summed E-state index contributed by atoms with van der Waals surface area (Å²) in [5.74, 6) is 0. The van der Waals surface area contributed by atoms with Gasteiger partial charge in [0.15, 0.2) is 4.75 Å². The maximum absolute atomic E-state index is 11.4. The van der Waals surface area contributed by atoms with Crippen LogP contribution in [0.4, 0.5) is 0 Å². The molecular formula is C10H17N3OS. The lowest BCUT2D eigenvalue weighted by Gasteiger charge is -2.26. The van der Waals surface area contributed by atoms with Gasteiger partial charge in [0.2, 0.25) is 0 Å². The molecule has 0 aromatic carbocycles. The molecule has 0 radical (unpaired) electrons. The van der Waals surface area contributed by atoms with E-state index in [2.05, 4.69) is 11.6 Å². The molecule has 84 valence electrons. The van der Waals surface area contributed by atoms with Crippen LogP contribution in [0.5, 0.6) is 0 Å². The van der Waals surface area contributed by atoms with E-state index >= 15 is 0 Å². The Morgan fingerprint density at radius 1 is 1.73 bits per heavy atom. The van der Waals surface area contributed by atoms with E-state index in [1.54, 1.807) is 12.5 Å². The number of hydrogen-bond acceptors (Lipinski definition) is 3. The van der Waals surface area contributed by atoms with Crippen LogP contribution in [0.15, 0.2) is 19.1 Å². The lowest BCUT2D eigenvalue weighted by atomic mass is 10.0. The average molecular weight is 227 g/mol. The van der Waals surface area contributed by atoms with Gasteiger partial charge >= 0.3 is 0 Å². The number of nitrogens with zero attached hydrogens (tertiary/aromatic N) is 2. The highest BCUT2D eigenvalue weighted by Gasteiger charge is 2.35. The third-order valence-corrected chi connectivity index (χ3v) is 3.84. The number of nitrogens with two attached hydrogens (primary N) is 1. The summed E-state index contributed by atoms with van der Waals surface area (Å²) < 4.78 is 12.7. The highest BCUT2D eigenvalue weighted by molar-refractivity contribution is 7.91. The molecule has 0 bridgehead atoms. The van der Waals surface area contributed by atoms with Crippen LogP contribution in [-0.4, -0.2) is 18.9 Å². The molecule has 0 aliphatic rings. The Hall–Kier alpha value is -0.780. The van der Waals surface area contributed by atoms with Crippen LogP contribution in [-0.2, 0) is 17.9 Å². The first-order chi connectivity index (χ1) is 6.91. The normalized spacial score (nSPS) is 13.9. The van der Waals surface area contributed by atoms with Crippen molar-refractivity contribution in [1.29, 1.82) is 0 Å². The van der Waals surface area contributed by atoms with Crippen molar-refractivity contribution in [2.75, 3.05) is 0 Å². The van der Waals surface area contributed by atoms with Gasteiger partial charge in [-0.25, -0.2) is 4.98 Å². The molecule has 5 heteroatoms. The molecule has 1 aromatic heterocycles. The Labute approximate surface area is 93.5 Å². The Morgan fingerprint density at radius 3 is 2.80 bits per heavy atom. The van der Waals surface area contributed by atoms with E-state index in [9.17, 15) is 4.55 Å². The molecule has 4 nitrogen and oxygen atoms in total. The monoisotopic (exact) mass is 227 g/mol. The van der Waals surface area contributed by atoms with Crippen molar-refractivity contribution in [2.24, 2.45) is 5.14 Å². The molecule has 0 amide bonds. The van der Waals surface area contributed by atoms with Crippen molar-refractivity contribution >= 4 is 16.9 Å². The molecule has 0 spiro atoms. The quantitative estimate of drug-likeness (QED) is 0.789. The molecule has 1 atom stereocenters. The lowest BCUT2D eigenvalue weighted by Crippen LogP contribution is -2.39. The second-order valence-electron chi connectivity index (χ2n) is 3.85. The van der Waals surface area contributed by atoms with E-state index in [1.807, 2.05) is 25.3 Å². The minimum atomic E-state index is -1.44. The second kappa shape index (κ2) is 4.38. The fourth-order valence-electron chi connectivity index (χ4n) is 1.25. The smallest absolute Gasteiger partial charge is 0.165 e. The Bertz CT molecular complexity index is 357. The van der Waals surface area contributed by atoms with Crippen LogP contribution in [0.25, 0.3) is 5.57 Å². The van der Waals surface area contributed by atoms with E-state index in [0.29, 0.717) is 0 Å². The standard InChI is InChI=1S/C10H17N3OS/c1-5-13-7-12-6-9(13)8(2)10(3,4)15(11)14/h6-7H,2,5,11H2,1,3-4H3. The van der Waals surface area contributed by atoms with E-state index in [1.165, 1.54) is 0 Å².